The Morgan fingerprint density at radius 3 is 2.93 bits per heavy atom. The highest BCUT2D eigenvalue weighted by atomic mass is 32.2. The lowest BCUT2D eigenvalue weighted by atomic mass is 9.97. The lowest BCUT2D eigenvalue weighted by Crippen LogP contribution is -2.30. The minimum Gasteiger partial charge on any atom is -0.331 e. The van der Waals surface area contributed by atoms with Crippen molar-refractivity contribution in [1.82, 2.24) is 24.6 Å². The summed E-state index contributed by atoms with van der Waals surface area (Å²) in [7, 11) is 0. The van der Waals surface area contributed by atoms with Crippen LogP contribution in [0.1, 0.15) is 47.8 Å². The van der Waals surface area contributed by atoms with Crippen LogP contribution >= 0.6 is 23.1 Å². The van der Waals surface area contributed by atoms with Gasteiger partial charge in [-0.3, -0.25) is 4.90 Å². The second-order valence-electron chi connectivity index (χ2n) is 7.96. The van der Waals surface area contributed by atoms with Crippen LogP contribution in [0, 0.1) is 6.92 Å². The van der Waals surface area contributed by atoms with Crippen molar-refractivity contribution in [3.8, 4) is 0 Å². The maximum atomic E-state index is 4.80. The third kappa shape index (κ3) is 3.81. The summed E-state index contributed by atoms with van der Waals surface area (Å²) in [4.78, 5) is 8.86. The number of aryl methyl sites for hydroxylation is 1. The second-order valence-corrected chi connectivity index (χ2v) is 10.2. The van der Waals surface area contributed by atoms with Crippen LogP contribution in [0.15, 0.2) is 29.3 Å². The summed E-state index contributed by atoms with van der Waals surface area (Å²) in [6, 6.07) is 7.51. The van der Waals surface area contributed by atoms with Gasteiger partial charge in [0.05, 0.1) is 0 Å². The molecule has 2 unspecified atom stereocenters. The minimum absolute atomic E-state index is 0.421. The van der Waals surface area contributed by atoms with Gasteiger partial charge in [-0.25, -0.2) is 4.98 Å². The molecule has 0 radical (unpaired) electrons. The van der Waals surface area contributed by atoms with Gasteiger partial charge in [0.2, 0.25) is 5.13 Å². The minimum atomic E-state index is 0.421. The molecular formula is C21H26N6S2. The molecule has 8 heteroatoms. The largest absolute Gasteiger partial charge is 0.331 e. The zero-order valence-electron chi connectivity index (χ0n) is 17.1. The predicted molar refractivity (Wildman–Crippen MR) is 119 cm³/mol. The Labute approximate surface area is 179 Å². The fourth-order valence-electron chi connectivity index (χ4n) is 4.20. The smallest absolute Gasteiger partial charge is 0.211 e. The lowest BCUT2D eigenvalue weighted by molar-refractivity contribution is 0.215. The summed E-state index contributed by atoms with van der Waals surface area (Å²) in [5, 5.41) is 13.2. The number of benzene rings is 1. The van der Waals surface area contributed by atoms with Crippen LogP contribution in [0.2, 0.25) is 0 Å². The molecule has 29 heavy (non-hydrogen) atoms. The van der Waals surface area contributed by atoms with Gasteiger partial charge in [-0.15, -0.1) is 22.0 Å². The first kappa shape index (κ1) is 19.1. The highest BCUT2D eigenvalue weighted by molar-refractivity contribution is 7.99. The number of aromatic nitrogens is 4. The van der Waals surface area contributed by atoms with Crippen molar-refractivity contribution >= 4 is 34.0 Å². The van der Waals surface area contributed by atoms with Crippen LogP contribution in [0.3, 0.4) is 0 Å². The standard InChI is InChI=1S/C21H26N6S2/c1-13-12-28-18-5-4-16(10-17(13)18)14(2)26-7-6-20-22-19(11-27(20)9-8-26)23-21-25-24-15(3)29-21/h4-5,10-11,13-14H,6-9,12H2,1-3H3,(H,23,25). The van der Waals surface area contributed by atoms with Crippen LogP contribution in [-0.4, -0.2) is 43.5 Å². The van der Waals surface area contributed by atoms with Gasteiger partial charge in [0.15, 0.2) is 5.82 Å². The Morgan fingerprint density at radius 2 is 2.10 bits per heavy atom. The monoisotopic (exact) mass is 426 g/mol. The van der Waals surface area contributed by atoms with Crippen LogP contribution < -0.4 is 5.32 Å². The summed E-state index contributed by atoms with van der Waals surface area (Å²) in [6.07, 6.45) is 3.06. The quantitative estimate of drug-likeness (QED) is 0.657. The molecule has 1 aromatic carbocycles. The third-order valence-corrected chi connectivity index (χ3v) is 8.06. The summed E-state index contributed by atoms with van der Waals surface area (Å²) < 4.78 is 2.28. The van der Waals surface area contributed by atoms with Gasteiger partial charge in [-0.05, 0) is 37.0 Å². The molecule has 2 atom stereocenters. The Balaban J connectivity index is 1.27. The van der Waals surface area contributed by atoms with E-state index in [-0.39, 0.29) is 0 Å². The molecule has 6 nitrogen and oxygen atoms in total. The normalized spacial score (nSPS) is 20.2. The zero-order valence-corrected chi connectivity index (χ0v) is 18.7. The summed E-state index contributed by atoms with van der Waals surface area (Å²) in [6.45, 7) is 9.66. The van der Waals surface area contributed by atoms with Crippen molar-refractivity contribution < 1.29 is 0 Å². The number of hydrogen-bond acceptors (Lipinski definition) is 7. The van der Waals surface area contributed by atoms with Crippen molar-refractivity contribution in [2.75, 3.05) is 24.2 Å². The number of hydrogen-bond donors (Lipinski definition) is 1. The first-order valence-electron chi connectivity index (χ1n) is 10.2. The number of imidazole rings is 1. The molecule has 2 aliphatic rings. The zero-order chi connectivity index (χ0) is 20.0. The molecule has 0 saturated heterocycles. The SMILES string of the molecule is Cc1nnc(Nc2cn3c(n2)CCN(C(C)c2ccc4c(c2)C(C)CS4)CC3)s1. The van der Waals surface area contributed by atoms with E-state index >= 15 is 0 Å². The second kappa shape index (κ2) is 7.74. The Morgan fingerprint density at radius 1 is 1.21 bits per heavy atom. The van der Waals surface area contributed by atoms with E-state index in [0.29, 0.717) is 12.0 Å². The molecule has 0 bridgehead atoms. The van der Waals surface area contributed by atoms with Gasteiger partial charge in [-0.2, -0.15) is 0 Å². The van der Waals surface area contributed by atoms with Gasteiger partial charge in [0.25, 0.3) is 0 Å². The van der Waals surface area contributed by atoms with Gasteiger partial charge in [-0.1, -0.05) is 30.4 Å². The average molecular weight is 427 g/mol. The van der Waals surface area contributed by atoms with Gasteiger partial charge >= 0.3 is 0 Å². The molecule has 2 aliphatic heterocycles. The molecule has 1 N–H and O–H groups in total. The average Bonchev–Trinajstić information content (AvgIpc) is 3.37. The fraction of sp³-hybridized carbons (Fsp3) is 0.476. The summed E-state index contributed by atoms with van der Waals surface area (Å²) in [5.74, 6) is 3.88. The van der Waals surface area contributed by atoms with Crippen LogP contribution in [0.5, 0.6) is 0 Å². The van der Waals surface area contributed by atoms with E-state index in [1.165, 1.54) is 21.8 Å². The number of rotatable bonds is 4. The van der Waals surface area contributed by atoms with E-state index in [0.717, 1.165) is 47.8 Å². The van der Waals surface area contributed by atoms with Crippen molar-refractivity contribution in [3.63, 3.8) is 0 Å². The fourth-order valence-corrected chi connectivity index (χ4v) is 6.00. The van der Waals surface area contributed by atoms with Gasteiger partial charge in [0, 0.05) is 48.9 Å². The number of nitrogens with one attached hydrogen (secondary N) is 1. The van der Waals surface area contributed by atoms with Crippen LogP contribution in [0.25, 0.3) is 0 Å². The van der Waals surface area contributed by atoms with Crippen molar-refractivity contribution in [2.24, 2.45) is 0 Å². The molecular weight excluding hydrogens is 400 g/mol. The number of anilines is 2. The number of nitrogens with zero attached hydrogens (tertiary/aromatic N) is 5. The lowest BCUT2D eigenvalue weighted by Gasteiger charge is -2.28. The van der Waals surface area contributed by atoms with Crippen LogP contribution in [0.4, 0.5) is 10.9 Å². The molecule has 4 heterocycles. The topological polar surface area (TPSA) is 58.9 Å². The van der Waals surface area contributed by atoms with Crippen molar-refractivity contribution in [1.29, 1.82) is 0 Å². The van der Waals surface area contributed by atoms with E-state index < -0.39 is 0 Å². The Kier molecular flexibility index (Phi) is 5.09. The highest BCUT2D eigenvalue weighted by Crippen LogP contribution is 2.40. The Bertz CT molecular complexity index is 1000. The van der Waals surface area contributed by atoms with Gasteiger partial charge < -0.3 is 9.88 Å². The molecule has 2 aromatic heterocycles. The molecule has 5 rings (SSSR count). The molecule has 0 spiro atoms. The molecule has 0 saturated carbocycles. The van der Waals surface area contributed by atoms with Crippen molar-refractivity contribution in [3.05, 3.63) is 46.4 Å². The van der Waals surface area contributed by atoms with Crippen molar-refractivity contribution in [2.45, 2.75) is 50.6 Å². The summed E-state index contributed by atoms with van der Waals surface area (Å²) in [5.41, 5.74) is 2.97. The van der Waals surface area contributed by atoms with E-state index in [4.69, 9.17) is 4.98 Å². The first-order chi connectivity index (χ1) is 14.1. The summed E-state index contributed by atoms with van der Waals surface area (Å²) >= 11 is 3.54. The van der Waals surface area contributed by atoms with E-state index in [1.54, 1.807) is 11.3 Å². The maximum absolute atomic E-state index is 4.80. The molecule has 3 aromatic rings. The molecule has 0 amide bonds. The highest BCUT2D eigenvalue weighted by Gasteiger charge is 2.24. The molecule has 152 valence electrons. The van der Waals surface area contributed by atoms with E-state index in [1.807, 2.05) is 18.7 Å². The third-order valence-electron chi connectivity index (χ3n) is 5.95. The van der Waals surface area contributed by atoms with Crippen LogP contribution in [-0.2, 0) is 13.0 Å². The molecule has 0 fully saturated rings. The van der Waals surface area contributed by atoms with E-state index in [9.17, 15) is 0 Å². The number of fused-ring (bicyclic) bond motifs is 2. The predicted octanol–water partition coefficient (Wildman–Crippen LogP) is 4.62. The molecule has 0 aliphatic carbocycles. The Hall–Kier alpha value is -1.90. The van der Waals surface area contributed by atoms with E-state index in [2.05, 4.69) is 63.2 Å². The first-order valence-corrected chi connectivity index (χ1v) is 12.0. The number of thioether (sulfide) groups is 1. The maximum Gasteiger partial charge on any atom is 0.211 e. The van der Waals surface area contributed by atoms with Gasteiger partial charge in [0.1, 0.15) is 10.8 Å².